The number of anilines is 1. The van der Waals surface area contributed by atoms with Gasteiger partial charge in [-0.1, -0.05) is 103 Å². The Morgan fingerprint density at radius 1 is 0.686 bits per heavy atom. The monoisotopic (exact) mass is 501 g/mol. The lowest BCUT2D eigenvalue weighted by atomic mass is 10.0. The van der Waals surface area contributed by atoms with Crippen LogP contribution in [0.1, 0.15) is 114 Å². The average Bonchev–Trinajstić information content (AvgIpc) is 2.85. The molecule has 0 bridgehead atoms. The number of benzene rings is 2. The summed E-state index contributed by atoms with van der Waals surface area (Å²) in [5.41, 5.74) is 0.907. The molecule has 2 rings (SSSR count). The van der Waals surface area contributed by atoms with Crippen LogP contribution in [0.4, 0.5) is 5.69 Å². The molecule has 2 N–H and O–H groups in total. The van der Waals surface area contributed by atoms with Crippen LogP contribution >= 0.6 is 0 Å². The van der Waals surface area contributed by atoms with Crippen LogP contribution in [-0.2, 0) is 10.0 Å². The molecule has 0 aliphatic rings. The third-order valence-electron chi connectivity index (χ3n) is 6.36. The number of sulfonamides is 1. The molecule has 0 aliphatic heterocycles. The first-order chi connectivity index (χ1) is 16.9. The molecule has 35 heavy (non-hydrogen) atoms. The predicted octanol–water partition coefficient (Wildman–Crippen LogP) is 8.25. The Labute approximate surface area is 212 Å². The average molecular weight is 502 g/mol. The highest BCUT2D eigenvalue weighted by Crippen LogP contribution is 2.20. The fourth-order valence-corrected chi connectivity index (χ4v) is 5.25. The van der Waals surface area contributed by atoms with E-state index in [1.54, 1.807) is 12.1 Å². The summed E-state index contributed by atoms with van der Waals surface area (Å²) in [7, 11) is -3.75. The first kappa shape index (κ1) is 28.9. The second kappa shape index (κ2) is 16.4. The van der Waals surface area contributed by atoms with Gasteiger partial charge in [-0.2, -0.15) is 0 Å². The molecule has 0 heterocycles. The van der Waals surface area contributed by atoms with Gasteiger partial charge in [-0.15, -0.1) is 0 Å². The van der Waals surface area contributed by atoms with Crippen molar-refractivity contribution >= 4 is 21.5 Å². The number of rotatable bonds is 19. The van der Waals surface area contributed by atoms with Crippen molar-refractivity contribution in [3.63, 3.8) is 0 Å². The summed E-state index contributed by atoms with van der Waals surface area (Å²) in [6.07, 6.45) is 18.4. The first-order valence-electron chi connectivity index (χ1n) is 13.4. The van der Waals surface area contributed by atoms with Crippen LogP contribution in [0, 0.1) is 0 Å². The molecule has 0 saturated heterocycles. The summed E-state index contributed by atoms with van der Waals surface area (Å²) in [6.45, 7) is 2.26. The van der Waals surface area contributed by atoms with E-state index in [2.05, 4.69) is 11.6 Å². The maximum absolute atomic E-state index is 12.5. The van der Waals surface area contributed by atoms with Crippen LogP contribution in [0.25, 0.3) is 0 Å². The maximum atomic E-state index is 12.5. The van der Waals surface area contributed by atoms with Crippen molar-refractivity contribution in [2.24, 2.45) is 0 Å². The molecule has 0 radical (unpaired) electrons. The number of aromatic hydroxyl groups is 1. The maximum Gasteiger partial charge on any atom is 0.261 e. The largest absolute Gasteiger partial charge is 0.508 e. The fraction of sp³-hybridized carbons (Fsp3) is 0.552. The summed E-state index contributed by atoms with van der Waals surface area (Å²) >= 11 is 0. The fourth-order valence-electron chi connectivity index (χ4n) is 4.19. The molecule has 2 aromatic rings. The highest BCUT2D eigenvalue weighted by atomic mass is 32.2. The highest BCUT2D eigenvalue weighted by Gasteiger charge is 2.15. The van der Waals surface area contributed by atoms with Gasteiger partial charge in [0.25, 0.3) is 10.0 Å². The molecular weight excluding hydrogens is 458 g/mol. The molecule has 6 heteroatoms. The van der Waals surface area contributed by atoms with Crippen molar-refractivity contribution in [1.29, 1.82) is 0 Å². The van der Waals surface area contributed by atoms with Gasteiger partial charge >= 0.3 is 0 Å². The molecular formula is C29H43NO4S. The second-order valence-electron chi connectivity index (χ2n) is 9.45. The van der Waals surface area contributed by atoms with Crippen molar-refractivity contribution in [2.75, 3.05) is 4.72 Å². The van der Waals surface area contributed by atoms with Gasteiger partial charge in [-0.3, -0.25) is 9.52 Å². The van der Waals surface area contributed by atoms with Crippen LogP contribution in [0.2, 0.25) is 0 Å². The topological polar surface area (TPSA) is 83.5 Å². The van der Waals surface area contributed by atoms with Crippen LogP contribution in [-0.4, -0.2) is 19.3 Å². The molecule has 2 aromatic carbocycles. The standard InChI is InChI=1S/C29H43NO4S/c1-2-3-4-5-6-7-8-9-10-11-12-13-14-15-16-29(32)25-17-23-28(24-18-25)35(33,34)30-26-19-21-27(31)22-20-26/h17-24,30-31H,2-16H2,1H3. The van der Waals surface area contributed by atoms with Gasteiger partial charge in [0, 0.05) is 17.7 Å². The summed E-state index contributed by atoms with van der Waals surface area (Å²) in [5, 5.41) is 9.32. The lowest BCUT2D eigenvalue weighted by Crippen LogP contribution is -2.13. The zero-order valence-corrected chi connectivity index (χ0v) is 22.1. The van der Waals surface area contributed by atoms with Crippen LogP contribution < -0.4 is 4.72 Å². The third-order valence-corrected chi connectivity index (χ3v) is 7.76. The van der Waals surface area contributed by atoms with E-state index in [1.807, 2.05) is 0 Å². The van der Waals surface area contributed by atoms with Crippen molar-refractivity contribution < 1.29 is 18.3 Å². The van der Waals surface area contributed by atoms with E-state index in [1.165, 1.54) is 113 Å². The zero-order valence-electron chi connectivity index (χ0n) is 21.3. The van der Waals surface area contributed by atoms with E-state index < -0.39 is 10.0 Å². The summed E-state index contributed by atoms with van der Waals surface area (Å²) < 4.78 is 27.5. The number of carbonyl (C=O) groups is 1. The molecule has 0 saturated carbocycles. The van der Waals surface area contributed by atoms with Crippen molar-refractivity contribution in [3.05, 3.63) is 54.1 Å². The Morgan fingerprint density at radius 2 is 1.14 bits per heavy atom. The lowest BCUT2D eigenvalue weighted by molar-refractivity contribution is 0.0979. The Morgan fingerprint density at radius 3 is 1.63 bits per heavy atom. The van der Waals surface area contributed by atoms with Crippen molar-refractivity contribution in [2.45, 2.75) is 108 Å². The number of Topliss-reactive ketones (excluding diaryl/α,β-unsaturated/α-hetero) is 1. The van der Waals surface area contributed by atoms with E-state index in [9.17, 15) is 18.3 Å². The number of carbonyl (C=O) groups excluding carboxylic acids is 1. The lowest BCUT2D eigenvalue weighted by Gasteiger charge is -2.09. The van der Waals surface area contributed by atoms with E-state index in [0.29, 0.717) is 17.7 Å². The van der Waals surface area contributed by atoms with Gasteiger partial charge in [-0.05, 0) is 42.8 Å². The SMILES string of the molecule is CCCCCCCCCCCCCCCCC(=O)c1ccc(S(=O)(=O)Nc2ccc(O)cc2)cc1. The Bertz CT molecular complexity index is 953. The van der Waals surface area contributed by atoms with Gasteiger partial charge in [0.15, 0.2) is 5.78 Å². The molecule has 0 atom stereocenters. The zero-order chi connectivity index (χ0) is 25.4. The molecule has 0 spiro atoms. The van der Waals surface area contributed by atoms with Gasteiger partial charge in [0.2, 0.25) is 0 Å². The highest BCUT2D eigenvalue weighted by molar-refractivity contribution is 7.92. The molecule has 5 nitrogen and oxygen atoms in total. The minimum absolute atomic E-state index is 0.0550. The normalized spacial score (nSPS) is 11.5. The van der Waals surface area contributed by atoms with Crippen molar-refractivity contribution in [3.8, 4) is 5.75 Å². The minimum atomic E-state index is -3.75. The van der Waals surface area contributed by atoms with Crippen LogP contribution in [0.5, 0.6) is 5.75 Å². The van der Waals surface area contributed by atoms with Gasteiger partial charge in [0.1, 0.15) is 5.75 Å². The number of unbranched alkanes of at least 4 members (excludes halogenated alkanes) is 13. The number of nitrogens with one attached hydrogen (secondary N) is 1. The van der Waals surface area contributed by atoms with Crippen molar-refractivity contribution in [1.82, 2.24) is 0 Å². The predicted molar refractivity (Wildman–Crippen MR) is 145 cm³/mol. The summed E-state index contributed by atoms with van der Waals surface area (Å²) in [4.78, 5) is 12.6. The molecule has 194 valence electrons. The number of phenols is 1. The molecule has 0 unspecified atom stereocenters. The number of ketones is 1. The Hall–Kier alpha value is -2.34. The Balaban J connectivity index is 1.57. The summed E-state index contributed by atoms with van der Waals surface area (Å²) in [6, 6.07) is 11.9. The van der Waals surface area contributed by atoms with Crippen LogP contribution in [0.3, 0.4) is 0 Å². The molecule has 0 amide bonds. The first-order valence-corrected chi connectivity index (χ1v) is 14.9. The quantitative estimate of drug-likeness (QED) is 0.115. The minimum Gasteiger partial charge on any atom is -0.508 e. The van der Waals surface area contributed by atoms with E-state index >= 15 is 0 Å². The van der Waals surface area contributed by atoms with E-state index in [4.69, 9.17) is 0 Å². The van der Waals surface area contributed by atoms with Gasteiger partial charge in [-0.25, -0.2) is 8.42 Å². The number of hydrogen-bond acceptors (Lipinski definition) is 4. The third kappa shape index (κ3) is 11.8. The van der Waals surface area contributed by atoms with Crippen LogP contribution in [0.15, 0.2) is 53.4 Å². The molecule has 0 aliphatic carbocycles. The molecule has 0 aromatic heterocycles. The number of hydrogen-bond donors (Lipinski definition) is 2. The second-order valence-corrected chi connectivity index (χ2v) is 11.1. The van der Waals surface area contributed by atoms with E-state index in [0.717, 1.165) is 12.8 Å². The van der Waals surface area contributed by atoms with Gasteiger partial charge < -0.3 is 5.11 Å². The number of phenolic OH excluding ortho intramolecular Hbond substituents is 1. The van der Waals surface area contributed by atoms with E-state index in [-0.39, 0.29) is 16.4 Å². The van der Waals surface area contributed by atoms with Gasteiger partial charge in [0.05, 0.1) is 4.90 Å². The molecule has 0 fully saturated rings. The smallest absolute Gasteiger partial charge is 0.261 e. The Kier molecular flexibility index (Phi) is 13.5. The summed E-state index contributed by atoms with van der Waals surface area (Å²) in [5.74, 6) is 0.119.